The SMILES string of the molecule is CCC(C)(C)OCc1ccc(F)c(B(O)O)c1. The van der Waals surface area contributed by atoms with Gasteiger partial charge in [-0.3, -0.25) is 0 Å². The Kier molecular flexibility index (Phi) is 4.68. The molecule has 0 aliphatic rings. The first-order valence-corrected chi connectivity index (χ1v) is 5.64. The van der Waals surface area contributed by atoms with Crippen LogP contribution in [0.3, 0.4) is 0 Å². The average Bonchev–Trinajstić information content (AvgIpc) is 2.27. The predicted molar refractivity (Wildman–Crippen MR) is 65.4 cm³/mol. The molecule has 0 unspecified atom stereocenters. The number of halogens is 1. The minimum atomic E-state index is -1.80. The lowest BCUT2D eigenvalue weighted by Crippen LogP contribution is -2.33. The Morgan fingerprint density at radius 2 is 2.00 bits per heavy atom. The zero-order valence-corrected chi connectivity index (χ0v) is 10.4. The molecule has 0 saturated heterocycles. The van der Waals surface area contributed by atoms with Crippen molar-refractivity contribution in [2.45, 2.75) is 39.4 Å². The Morgan fingerprint density at radius 3 is 2.53 bits per heavy atom. The minimum Gasteiger partial charge on any atom is -0.423 e. The number of hydrogen-bond donors (Lipinski definition) is 2. The van der Waals surface area contributed by atoms with Gasteiger partial charge in [0, 0.05) is 5.46 Å². The summed E-state index contributed by atoms with van der Waals surface area (Å²) in [6.45, 7) is 6.28. The maximum atomic E-state index is 13.2. The molecule has 0 aromatic heterocycles. The fraction of sp³-hybridized carbons (Fsp3) is 0.500. The van der Waals surface area contributed by atoms with Crippen LogP contribution in [-0.4, -0.2) is 22.8 Å². The first-order valence-electron chi connectivity index (χ1n) is 5.64. The van der Waals surface area contributed by atoms with E-state index in [-0.39, 0.29) is 11.1 Å². The Balaban J connectivity index is 2.76. The number of hydrogen-bond acceptors (Lipinski definition) is 3. The topological polar surface area (TPSA) is 49.7 Å². The van der Waals surface area contributed by atoms with Crippen molar-refractivity contribution in [1.82, 2.24) is 0 Å². The van der Waals surface area contributed by atoms with Gasteiger partial charge in [0.25, 0.3) is 0 Å². The summed E-state index contributed by atoms with van der Waals surface area (Å²) in [5.41, 5.74) is 0.350. The van der Waals surface area contributed by atoms with Gasteiger partial charge in [0.2, 0.25) is 0 Å². The van der Waals surface area contributed by atoms with Gasteiger partial charge in [-0.05, 0) is 31.9 Å². The summed E-state index contributed by atoms with van der Waals surface area (Å²) in [5, 5.41) is 18.0. The maximum absolute atomic E-state index is 13.2. The van der Waals surface area contributed by atoms with Crippen molar-refractivity contribution >= 4 is 12.6 Å². The van der Waals surface area contributed by atoms with Crippen molar-refractivity contribution in [1.29, 1.82) is 0 Å². The summed E-state index contributed by atoms with van der Waals surface area (Å²) in [5.74, 6) is -0.626. The molecule has 0 radical (unpaired) electrons. The highest BCUT2D eigenvalue weighted by Crippen LogP contribution is 2.16. The second kappa shape index (κ2) is 5.62. The van der Waals surface area contributed by atoms with Gasteiger partial charge < -0.3 is 14.8 Å². The molecule has 0 fully saturated rings. The van der Waals surface area contributed by atoms with Gasteiger partial charge in [-0.15, -0.1) is 0 Å². The zero-order valence-electron chi connectivity index (χ0n) is 10.4. The van der Waals surface area contributed by atoms with E-state index in [0.717, 1.165) is 12.0 Å². The Morgan fingerprint density at radius 1 is 1.35 bits per heavy atom. The molecule has 2 N–H and O–H groups in total. The lowest BCUT2D eigenvalue weighted by atomic mass is 9.79. The van der Waals surface area contributed by atoms with Gasteiger partial charge in [-0.25, -0.2) is 4.39 Å². The molecule has 0 aliphatic carbocycles. The van der Waals surface area contributed by atoms with Crippen molar-refractivity contribution in [3.05, 3.63) is 29.6 Å². The molecule has 5 heteroatoms. The first-order chi connectivity index (χ1) is 7.85. The first kappa shape index (κ1) is 14.2. The fourth-order valence-corrected chi connectivity index (χ4v) is 1.26. The zero-order chi connectivity index (χ0) is 13.1. The standard InChI is InChI=1S/C12H18BFO3/c1-4-12(2,3)17-8-9-5-6-11(14)10(7-9)13(15)16/h5-7,15-16H,4,8H2,1-3H3. The molecule has 0 bridgehead atoms. The van der Waals surface area contributed by atoms with Crippen LogP contribution >= 0.6 is 0 Å². The highest BCUT2D eigenvalue weighted by atomic mass is 19.1. The van der Waals surface area contributed by atoms with Crippen molar-refractivity contribution in [3.8, 4) is 0 Å². The van der Waals surface area contributed by atoms with Gasteiger partial charge in [-0.2, -0.15) is 0 Å². The van der Waals surface area contributed by atoms with Crippen molar-refractivity contribution in [2.24, 2.45) is 0 Å². The third-order valence-corrected chi connectivity index (χ3v) is 2.82. The van der Waals surface area contributed by atoms with E-state index in [0.29, 0.717) is 6.61 Å². The molecule has 3 nitrogen and oxygen atoms in total. The summed E-state index contributed by atoms with van der Waals surface area (Å²) in [6, 6.07) is 4.20. The van der Waals surface area contributed by atoms with Crippen LogP contribution in [0.4, 0.5) is 4.39 Å². The molecular weight excluding hydrogens is 222 g/mol. The summed E-state index contributed by atoms with van der Waals surface area (Å²) in [4.78, 5) is 0. The minimum absolute atomic E-state index is 0.125. The highest BCUT2D eigenvalue weighted by molar-refractivity contribution is 6.58. The van der Waals surface area contributed by atoms with Gasteiger partial charge in [-0.1, -0.05) is 19.1 Å². The van der Waals surface area contributed by atoms with E-state index in [2.05, 4.69) is 0 Å². The van der Waals surface area contributed by atoms with E-state index in [4.69, 9.17) is 14.8 Å². The fourth-order valence-electron chi connectivity index (χ4n) is 1.26. The third kappa shape index (κ3) is 4.11. The molecule has 0 saturated carbocycles. The molecule has 1 aromatic rings. The van der Waals surface area contributed by atoms with Crippen LogP contribution in [0.15, 0.2) is 18.2 Å². The average molecular weight is 240 g/mol. The molecule has 17 heavy (non-hydrogen) atoms. The number of ether oxygens (including phenoxy) is 1. The predicted octanol–water partition coefficient (Wildman–Crippen LogP) is 1.21. The summed E-state index contributed by atoms with van der Waals surface area (Å²) in [6.07, 6.45) is 0.865. The van der Waals surface area contributed by atoms with Gasteiger partial charge in [0.05, 0.1) is 12.2 Å². The van der Waals surface area contributed by atoms with Crippen molar-refractivity contribution in [2.75, 3.05) is 0 Å². The molecule has 1 rings (SSSR count). The van der Waals surface area contributed by atoms with Crippen LogP contribution in [0.5, 0.6) is 0 Å². The third-order valence-electron chi connectivity index (χ3n) is 2.82. The van der Waals surface area contributed by atoms with Crippen molar-refractivity contribution in [3.63, 3.8) is 0 Å². The smallest absolute Gasteiger partial charge is 0.423 e. The lowest BCUT2D eigenvalue weighted by Gasteiger charge is -2.23. The second-order valence-corrected chi connectivity index (χ2v) is 4.63. The van der Waals surface area contributed by atoms with Crippen molar-refractivity contribution < 1.29 is 19.2 Å². The van der Waals surface area contributed by atoms with E-state index in [9.17, 15) is 4.39 Å². The highest BCUT2D eigenvalue weighted by Gasteiger charge is 2.19. The van der Waals surface area contributed by atoms with E-state index in [1.807, 2.05) is 20.8 Å². The normalized spacial score (nSPS) is 11.6. The molecule has 0 heterocycles. The number of benzene rings is 1. The van der Waals surface area contributed by atoms with E-state index in [1.54, 1.807) is 6.07 Å². The van der Waals surface area contributed by atoms with Crippen LogP contribution in [0.1, 0.15) is 32.8 Å². The van der Waals surface area contributed by atoms with Crippen LogP contribution < -0.4 is 5.46 Å². The number of rotatable bonds is 5. The van der Waals surface area contributed by atoms with Crippen LogP contribution in [0.2, 0.25) is 0 Å². The van der Waals surface area contributed by atoms with Gasteiger partial charge in [0.15, 0.2) is 0 Å². The molecule has 94 valence electrons. The molecule has 0 spiro atoms. The summed E-state index contributed by atoms with van der Waals surface area (Å²) in [7, 11) is -1.80. The molecule has 0 amide bonds. The summed E-state index contributed by atoms with van der Waals surface area (Å²) >= 11 is 0. The van der Waals surface area contributed by atoms with Crippen LogP contribution in [0.25, 0.3) is 0 Å². The van der Waals surface area contributed by atoms with E-state index < -0.39 is 12.9 Å². The quantitative estimate of drug-likeness (QED) is 0.760. The maximum Gasteiger partial charge on any atom is 0.491 e. The largest absolute Gasteiger partial charge is 0.491 e. The summed E-state index contributed by atoms with van der Waals surface area (Å²) < 4.78 is 18.9. The van der Waals surface area contributed by atoms with Crippen LogP contribution in [-0.2, 0) is 11.3 Å². The van der Waals surface area contributed by atoms with Crippen LogP contribution in [0, 0.1) is 5.82 Å². The Labute approximate surface area is 101 Å². The monoisotopic (exact) mass is 240 g/mol. The molecule has 0 aliphatic heterocycles. The van der Waals surface area contributed by atoms with E-state index in [1.165, 1.54) is 12.1 Å². The Bertz CT molecular complexity index is 380. The molecule has 1 aromatic carbocycles. The van der Waals surface area contributed by atoms with E-state index >= 15 is 0 Å². The van der Waals surface area contributed by atoms with Gasteiger partial charge >= 0.3 is 7.12 Å². The molecule has 0 atom stereocenters. The Hall–Kier alpha value is -0.905. The lowest BCUT2D eigenvalue weighted by molar-refractivity contribution is -0.0316. The molecular formula is C12H18BFO3. The van der Waals surface area contributed by atoms with Gasteiger partial charge in [0.1, 0.15) is 5.82 Å². The second-order valence-electron chi connectivity index (χ2n) is 4.63.